The van der Waals surface area contributed by atoms with E-state index in [9.17, 15) is 0 Å². The molecule has 198 valence electrons. The third-order valence-corrected chi connectivity index (χ3v) is 8.41. The van der Waals surface area contributed by atoms with E-state index in [1.165, 1.54) is 18.4 Å². The van der Waals surface area contributed by atoms with Crippen molar-refractivity contribution >= 4 is 27.6 Å². The van der Waals surface area contributed by atoms with Crippen molar-refractivity contribution in [2.24, 2.45) is 0 Å². The number of nitrogens with zero attached hydrogens (tertiary/aromatic N) is 5. The highest BCUT2D eigenvalue weighted by molar-refractivity contribution is 5.97. The molecule has 7 rings (SSSR count). The van der Waals surface area contributed by atoms with Gasteiger partial charge in [-0.15, -0.1) is 0 Å². The van der Waals surface area contributed by atoms with Crippen molar-refractivity contribution in [2.75, 3.05) is 70.6 Å². The molecule has 0 radical (unpaired) electrons. The molecular formula is C30H36N6O2. The Morgan fingerprint density at radius 2 is 1.61 bits per heavy atom. The Morgan fingerprint density at radius 3 is 2.42 bits per heavy atom. The number of hydrogen-bond acceptors (Lipinski definition) is 7. The van der Waals surface area contributed by atoms with E-state index in [1.54, 1.807) is 0 Å². The minimum absolute atomic E-state index is 0.705. The summed E-state index contributed by atoms with van der Waals surface area (Å²) in [7, 11) is 0. The number of piperidine rings is 1. The number of morpholine rings is 2. The molecule has 3 aliphatic rings. The van der Waals surface area contributed by atoms with Crippen molar-refractivity contribution in [1.29, 1.82) is 0 Å². The number of benzene rings is 2. The average Bonchev–Trinajstić information content (AvgIpc) is 3.47. The van der Waals surface area contributed by atoms with Gasteiger partial charge in [-0.25, -0.2) is 9.97 Å². The Balaban J connectivity index is 1.17. The summed E-state index contributed by atoms with van der Waals surface area (Å²) >= 11 is 0. The molecule has 3 fully saturated rings. The van der Waals surface area contributed by atoms with Gasteiger partial charge in [0.25, 0.3) is 0 Å². The fourth-order valence-corrected chi connectivity index (χ4v) is 6.32. The van der Waals surface area contributed by atoms with Gasteiger partial charge in [-0.1, -0.05) is 18.2 Å². The zero-order chi connectivity index (χ0) is 25.3. The van der Waals surface area contributed by atoms with Crippen LogP contribution in [0.5, 0.6) is 0 Å². The lowest BCUT2D eigenvalue weighted by molar-refractivity contribution is 0.000233. The smallest absolute Gasteiger partial charge is 0.162 e. The van der Waals surface area contributed by atoms with Crippen molar-refractivity contribution in [3.8, 4) is 11.4 Å². The van der Waals surface area contributed by atoms with E-state index in [0.29, 0.717) is 6.04 Å². The zero-order valence-corrected chi connectivity index (χ0v) is 21.9. The predicted molar refractivity (Wildman–Crippen MR) is 151 cm³/mol. The number of rotatable bonds is 5. The van der Waals surface area contributed by atoms with Crippen LogP contribution < -0.4 is 4.90 Å². The van der Waals surface area contributed by atoms with Crippen LogP contribution in [0.2, 0.25) is 0 Å². The summed E-state index contributed by atoms with van der Waals surface area (Å²) in [5.74, 6) is 1.80. The Kier molecular flexibility index (Phi) is 6.71. The first-order valence-corrected chi connectivity index (χ1v) is 14.1. The third kappa shape index (κ3) is 4.78. The Labute approximate surface area is 223 Å². The van der Waals surface area contributed by atoms with Gasteiger partial charge < -0.3 is 19.4 Å². The minimum atomic E-state index is 0.705. The number of aromatic nitrogens is 3. The molecule has 0 bridgehead atoms. The predicted octanol–water partition coefficient (Wildman–Crippen LogP) is 3.91. The quantitative estimate of drug-likeness (QED) is 0.435. The maximum absolute atomic E-state index is 5.67. The van der Waals surface area contributed by atoms with Gasteiger partial charge in [-0.3, -0.25) is 9.80 Å². The van der Waals surface area contributed by atoms with Crippen LogP contribution in [0.25, 0.3) is 33.2 Å². The largest absolute Gasteiger partial charge is 0.379 e. The summed E-state index contributed by atoms with van der Waals surface area (Å²) in [6.07, 6.45) is 4.46. The molecule has 38 heavy (non-hydrogen) atoms. The number of hydrogen-bond donors (Lipinski definition) is 1. The van der Waals surface area contributed by atoms with E-state index < -0.39 is 0 Å². The van der Waals surface area contributed by atoms with Crippen LogP contribution in [0, 0.1) is 0 Å². The molecule has 8 nitrogen and oxygen atoms in total. The fourth-order valence-electron chi connectivity index (χ4n) is 6.32. The van der Waals surface area contributed by atoms with E-state index in [4.69, 9.17) is 19.4 Å². The van der Waals surface area contributed by atoms with Gasteiger partial charge in [0.2, 0.25) is 0 Å². The van der Waals surface area contributed by atoms with Crippen molar-refractivity contribution in [3.63, 3.8) is 0 Å². The molecule has 2 aromatic heterocycles. The number of likely N-dealkylation sites (tertiary alicyclic amines) is 1. The van der Waals surface area contributed by atoms with Crippen LogP contribution in [0.15, 0.2) is 48.7 Å². The van der Waals surface area contributed by atoms with E-state index in [1.807, 2.05) is 6.20 Å². The summed E-state index contributed by atoms with van der Waals surface area (Å²) in [5, 5.41) is 2.29. The number of nitrogens with one attached hydrogen (secondary N) is 1. The van der Waals surface area contributed by atoms with Crippen LogP contribution in [-0.4, -0.2) is 96.5 Å². The molecular weight excluding hydrogens is 476 g/mol. The molecule has 3 saturated heterocycles. The van der Waals surface area contributed by atoms with Crippen LogP contribution in [0.4, 0.5) is 5.82 Å². The molecule has 4 aromatic rings. The Bertz CT molecular complexity index is 1400. The van der Waals surface area contributed by atoms with Crippen molar-refractivity contribution in [3.05, 3.63) is 54.2 Å². The summed E-state index contributed by atoms with van der Waals surface area (Å²) in [6, 6.07) is 15.9. The van der Waals surface area contributed by atoms with Crippen molar-refractivity contribution < 1.29 is 9.47 Å². The fraction of sp³-hybridized carbons (Fsp3) is 0.467. The highest BCUT2D eigenvalue weighted by Crippen LogP contribution is 2.32. The van der Waals surface area contributed by atoms with Gasteiger partial charge in [-0.05, 0) is 55.8 Å². The van der Waals surface area contributed by atoms with Gasteiger partial charge >= 0.3 is 0 Å². The van der Waals surface area contributed by atoms with E-state index in [-0.39, 0.29) is 0 Å². The lowest BCUT2D eigenvalue weighted by atomic mass is 10.0. The van der Waals surface area contributed by atoms with Gasteiger partial charge in [0, 0.05) is 66.8 Å². The molecule has 0 aliphatic carbocycles. The number of aromatic amines is 1. The van der Waals surface area contributed by atoms with Gasteiger partial charge in [-0.2, -0.15) is 0 Å². The van der Waals surface area contributed by atoms with E-state index in [0.717, 1.165) is 111 Å². The second kappa shape index (κ2) is 10.6. The lowest BCUT2D eigenvalue weighted by Gasteiger charge is -2.40. The molecule has 1 N–H and O–H groups in total. The molecule has 5 heterocycles. The van der Waals surface area contributed by atoms with E-state index in [2.05, 4.69) is 62.1 Å². The maximum Gasteiger partial charge on any atom is 0.162 e. The standard InChI is InChI=1S/C30H36N6O2/c1-2-25(24-6-9-31-27(24)3-1)29-32-28-5-4-22(20-26(28)30(33-29)36-14-18-38-19-15-36)21-34-10-7-23(8-11-34)35-12-16-37-17-13-35/h1-6,9,20,23,31H,7-8,10-19,21H2. The maximum atomic E-state index is 5.67. The molecule has 0 spiro atoms. The summed E-state index contributed by atoms with van der Waals surface area (Å²) < 4.78 is 11.2. The second-order valence-electron chi connectivity index (χ2n) is 10.7. The summed E-state index contributed by atoms with van der Waals surface area (Å²) in [4.78, 5) is 21.2. The number of H-pyrrole nitrogens is 1. The highest BCUT2D eigenvalue weighted by Gasteiger charge is 2.26. The van der Waals surface area contributed by atoms with Gasteiger partial charge in [0.15, 0.2) is 5.82 Å². The van der Waals surface area contributed by atoms with Crippen LogP contribution in [0.3, 0.4) is 0 Å². The zero-order valence-electron chi connectivity index (χ0n) is 21.9. The first-order valence-electron chi connectivity index (χ1n) is 14.1. The normalized spacial score (nSPS) is 20.5. The van der Waals surface area contributed by atoms with Gasteiger partial charge in [0.05, 0.1) is 31.9 Å². The average molecular weight is 513 g/mol. The third-order valence-electron chi connectivity index (χ3n) is 8.41. The highest BCUT2D eigenvalue weighted by atomic mass is 16.5. The van der Waals surface area contributed by atoms with E-state index >= 15 is 0 Å². The topological polar surface area (TPSA) is 69.8 Å². The molecule has 3 aliphatic heterocycles. The first kappa shape index (κ1) is 24.0. The van der Waals surface area contributed by atoms with Crippen LogP contribution in [-0.2, 0) is 16.0 Å². The first-order chi connectivity index (χ1) is 18.8. The number of ether oxygens (including phenoxy) is 2. The molecule has 0 saturated carbocycles. The van der Waals surface area contributed by atoms with Crippen LogP contribution in [0.1, 0.15) is 18.4 Å². The number of anilines is 1. The molecule has 8 heteroatoms. The van der Waals surface area contributed by atoms with Crippen molar-refractivity contribution in [1.82, 2.24) is 24.8 Å². The minimum Gasteiger partial charge on any atom is -0.379 e. The Hall–Kier alpha value is -3.04. The second-order valence-corrected chi connectivity index (χ2v) is 10.7. The molecule has 0 unspecified atom stereocenters. The Morgan fingerprint density at radius 1 is 0.816 bits per heavy atom. The lowest BCUT2D eigenvalue weighted by Crippen LogP contribution is -2.48. The summed E-state index contributed by atoms with van der Waals surface area (Å²) in [6.45, 7) is 10.3. The molecule has 0 atom stereocenters. The monoisotopic (exact) mass is 512 g/mol. The summed E-state index contributed by atoms with van der Waals surface area (Å²) in [5.41, 5.74) is 4.50. The van der Waals surface area contributed by atoms with Crippen molar-refractivity contribution in [2.45, 2.75) is 25.4 Å². The molecule has 2 aromatic carbocycles. The molecule has 0 amide bonds. The van der Waals surface area contributed by atoms with Gasteiger partial charge in [0.1, 0.15) is 5.82 Å². The SMILES string of the molecule is c1cc(-c2nc(N3CCOCC3)c3cc(CN4CCC(N5CCOCC5)CC4)ccc3n2)c2cc[nH]c2c1. The number of fused-ring (bicyclic) bond motifs is 2. The van der Waals surface area contributed by atoms with Crippen LogP contribution >= 0.6 is 0 Å².